The molecule has 0 spiro atoms. The number of halogens is 5. The zero-order chi connectivity index (χ0) is 18.4. The number of aromatic nitrogens is 2. The second-order valence-corrected chi connectivity index (χ2v) is 5.22. The third-order valence-corrected chi connectivity index (χ3v) is 3.52. The van der Waals surface area contributed by atoms with Gasteiger partial charge in [0.1, 0.15) is 5.82 Å². The Morgan fingerprint density at radius 3 is 2.29 bits per heavy atom. The Morgan fingerprint density at radius 1 is 1.21 bits per heavy atom. The van der Waals surface area contributed by atoms with Gasteiger partial charge >= 0.3 is 11.9 Å². The number of hydrogen-bond acceptors (Lipinski definition) is 5. The number of nitro groups is 1. The molecule has 2 aromatic rings. The summed E-state index contributed by atoms with van der Waals surface area (Å²) in [6.07, 6.45) is -5.10. The van der Waals surface area contributed by atoms with E-state index in [2.05, 4.69) is 15.9 Å². The molecule has 1 heterocycles. The van der Waals surface area contributed by atoms with Gasteiger partial charge in [-0.1, -0.05) is 0 Å². The summed E-state index contributed by atoms with van der Waals surface area (Å²) < 4.78 is 51.3. The molecule has 0 fully saturated rings. The fourth-order valence-electron chi connectivity index (χ4n) is 1.83. The van der Waals surface area contributed by atoms with Crippen LogP contribution in [0.15, 0.2) is 32.3 Å². The van der Waals surface area contributed by atoms with Gasteiger partial charge in [0.2, 0.25) is 0 Å². The lowest BCUT2D eigenvalue weighted by atomic mass is 10.2. The molecule has 0 aliphatic heterocycles. The van der Waals surface area contributed by atoms with Crippen LogP contribution in [0.1, 0.15) is 5.69 Å². The summed E-state index contributed by atoms with van der Waals surface area (Å²) in [6.45, 7) is 0. The molecule has 0 amide bonds. The van der Waals surface area contributed by atoms with Crippen LogP contribution < -0.4 is 17.1 Å². The topological polar surface area (TPSA) is 113 Å². The molecule has 0 atom stereocenters. The maximum Gasteiger partial charge on any atom is 0.433 e. The Labute approximate surface area is 137 Å². The van der Waals surface area contributed by atoms with Gasteiger partial charge in [0.05, 0.1) is 15.1 Å². The molecule has 2 rings (SSSR count). The van der Waals surface area contributed by atoms with Gasteiger partial charge in [0.25, 0.3) is 11.2 Å². The molecule has 13 heteroatoms. The van der Waals surface area contributed by atoms with Crippen LogP contribution >= 0.6 is 15.9 Å². The minimum atomic E-state index is -5.10. The molecule has 0 aliphatic carbocycles. The lowest BCUT2D eigenvalue weighted by molar-refractivity contribution is -0.385. The van der Waals surface area contributed by atoms with Crippen molar-refractivity contribution in [1.29, 1.82) is 0 Å². The summed E-state index contributed by atoms with van der Waals surface area (Å²) in [7, 11) is 0. The van der Waals surface area contributed by atoms with Crippen molar-refractivity contribution in [3.05, 3.63) is 65.1 Å². The van der Waals surface area contributed by atoms with Crippen LogP contribution in [-0.2, 0) is 6.18 Å². The maximum atomic E-state index is 14.0. The van der Waals surface area contributed by atoms with Crippen molar-refractivity contribution < 1.29 is 22.5 Å². The third kappa shape index (κ3) is 2.89. The average Bonchev–Trinajstić information content (AvgIpc) is 2.43. The van der Waals surface area contributed by atoms with Gasteiger partial charge in [0.15, 0.2) is 5.69 Å². The average molecular weight is 413 g/mol. The summed E-state index contributed by atoms with van der Waals surface area (Å²) in [5.74, 6) is 3.75. The zero-order valence-electron chi connectivity index (χ0n) is 11.2. The van der Waals surface area contributed by atoms with Gasteiger partial charge in [-0.15, -0.1) is 0 Å². The summed E-state index contributed by atoms with van der Waals surface area (Å²) in [5.41, 5.74) is -6.63. The molecule has 24 heavy (non-hydrogen) atoms. The van der Waals surface area contributed by atoms with E-state index in [0.29, 0.717) is 12.1 Å². The van der Waals surface area contributed by atoms with Crippen molar-refractivity contribution in [3.63, 3.8) is 0 Å². The largest absolute Gasteiger partial charge is 0.433 e. The SMILES string of the molecule is Nn1c(C(F)(F)F)cc(=O)n(-c2cc([N+](=O)[O-])c(Br)cc2F)c1=O. The lowest BCUT2D eigenvalue weighted by Crippen LogP contribution is -2.45. The molecule has 0 aliphatic rings. The van der Waals surface area contributed by atoms with Crippen LogP contribution in [0.3, 0.4) is 0 Å². The van der Waals surface area contributed by atoms with E-state index < -0.39 is 49.9 Å². The number of rotatable bonds is 2. The van der Waals surface area contributed by atoms with Crippen molar-refractivity contribution >= 4 is 21.6 Å². The molecule has 0 unspecified atom stereocenters. The first kappa shape index (κ1) is 17.7. The minimum Gasteiger partial charge on any atom is -0.335 e. The molecule has 8 nitrogen and oxygen atoms in total. The number of nitrogens with two attached hydrogens (primary N) is 1. The molecule has 2 N–H and O–H groups in total. The predicted molar refractivity (Wildman–Crippen MR) is 75.8 cm³/mol. The zero-order valence-corrected chi connectivity index (χ0v) is 12.8. The molecule has 0 bridgehead atoms. The monoisotopic (exact) mass is 412 g/mol. The Hall–Kier alpha value is -2.70. The van der Waals surface area contributed by atoms with E-state index in [1.807, 2.05) is 0 Å². The van der Waals surface area contributed by atoms with Crippen molar-refractivity contribution in [1.82, 2.24) is 9.24 Å². The van der Waals surface area contributed by atoms with Gasteiger partial charge in [-0.2, -0.15) is 13.2 Å². The smallest absolute Gasteiger partial charge is 0.335 e. The number of nitro benzene ring substituents is 1. The Bertz CT molecular complexity index is 966. The fourth-order valence-corrected chi connectivity index (χ4v) is 2.29. The number of benzene rings is 1. The second-order valence-electron chi connectivity index (χ2n) is 4.37. The fraction of sp³-hybridized carbons (Fsp3) is 0.0909. The van der Waals surface area contributed by atoms with Gasteiger partial charge in [-0.25, -0.2) is 18.4 Å². The number of nitrogen functional groups attached to an aromatic ring is 1. The van der Waals surface area contributed by atoms with Crippen molar-refractivity contribution in [2.45, 2.75) is 6.18 Å². The predicted octanol–water partition coefficient (Wildman–Crippen LogP) is 1.54. The molecule has 1 aromatic heterocycles. The first-order valence-corrected chi connectivity index (χ1v) is 6.59. The van der Waals surface area contributed by atoms with E-state index in [9.17, 15) is 37.3 Å². The molecular weight excluding hydrogens is 408 g/mol. The van der Waals surface area contributed by atoms with E-state index in [0.717, 1.165) is 0 Å². The van der Waals surface area contributed by atoms with Crippen molar-refractivity contribution in [2.24, 2.45) is 0 Å². The normalized spacial score (nSPS) is 11.5. The first-order chi connectivity index (χ1) is 10.9. The quantitative estimate of drug-likeness (QED) is 0.348. The maximum absolute atomic E-state index is 14.0. The van der Waals surface area contributed by atoms with Crippen molar-refractivity contribution in [2.75, 3.05) is 5.84 Å². The van der Waals surface area contributed by atoms with Gasteiger partial charge in [-0.05, 0) is 22.0 Å². The molecule has 1 aromatic carbocycles. The highest BCUT2D eigenvalue weighted by Gasteiger charge is 2.36. The second kappa shape index (κ2) is 5.74. The van der Waals surface area contributed by atoms with Crippen LogP contribution in [0.4, 0.5) is 23.2 Å². The summed E-state index contributed by atoms with van der Waals surface area (Å²) in [6, 6.07) is 1.10. The third-order valence-electron chi connectivity index (χ3n) is 2.88. The van der Waals surface area contributed by atoms with E-state index >= 15 is 0 Å². The van der Waals surface area contributed by atoms with E-state index in [1.54, 1.807) is 0 Å². The van der Waals surface area contributed by atoms with E-state index in [4.69, 9.17) is 5.84 Å². The highest BCUT2D eigenvalue weighted by Crippen LogP contribution is 2.29. The molecular formula is C11H5BrF4N4O4. The van der Waals surface area contributed by atoms with Crippen LogP contribution in [0, 0.1) is 15.9 Å². The van der Waals surface area contributed by atoms with Crippen LogP contribution in [0.25, 0.3) is 5.69 Å². The van der Waals surface area contributed by atoms with Gasteiger partial charge < -0.3 is 5.84 Å². The van der Waals surface area contributed by atoms with Gasteiger partial charge in [0, 0.05) is 12.1 Å². The number of alkyl halides is 3. The summed E-state index contributed by atoms with van der Waals surface area (Å²) in [4.78, 5) is 33.7. The van der Waals surface area contributed by atoms with E-state index in [1.165, 1.54) is 0 Å². The van der Waals surface area contributed by atoms with Crippen LogP contribution in [-0.4, -0.2) is 14.2 Å². The Morgan fingerprint density at radius 2 is 1.79 bits per heavy atom. The Balaban J connectivity index is 2.88. The highest BCUT2D eigenvalue weighted by atomic mass is 79.9. The molecule has 0 saturated carbocycles. The lowest BCUT2D eigenvalue weighted by Gasteiger charge is -2.13. The molecule has 128 valence electrons. The van der Waals surface area contributed by atoms with E-state index in [-0.39, 0.29) is 15.1 Å². The standard InChI is InChI=1S/C11H5BrF4N4O4/c12-4-1-5(13)7(2-6(4)20(23)24)18-9(21)3-8(11(14,15)16)19(17)10(18)22/h1-3H,17H2. The highest BCUT2D eigenvalue weighted by molar-refractivity contribution is 9.10. The summed E-state index contributed by atoms with van der Waals surface area (Å²) in [5, 5.41) is 10.8. The van der Waals surface area contributed by atoms with Gasteiger partial charge in [-0.3, -0.25) is 14.9 Å². The number of nitrogens with zero attached hydrogens (tertiary/aromatic N) is 3. The Kier molecular flexibility index (Phi) is 4.22. The van der Waals surface area contributed by atoms with Crippen LogP contribution in [0.5, 0.6) is 0 Å². The molecule has 0 radical (unpaired) electrons. The molecule has 0 saturated heterocycles. The first-order valence-electron chi connectivity index (χ1n) is 5.80. The summed E-state index contributed by atoms with van der Waals surface area (Å²) >= 11 is 2.72. The van der Waals surface area contributed by atoms with Crippen LogP contribution in [0.2, 0.25) is 0 Å². The van der Waals surface area contributed by atoms with Crippen molar-refractivity contribution in [3.8, 4) is 5.69 Å². The number of hydrogen-bond donors (Lipinski definition) is 1. The minimum absolute atomic E-state index is 0.0191.